The summed E-state index contributed by atoms with van der Waals surface area (Å²) in [5.74, 6) is 4.54. The Labute approximate surface area is 175 Å². The second kappa shape index (κ2) is 12.2. The summed E-state index contributed by atoms with van der Waals surface area (Å²) >= 11 is 0. The quantitative estimate of drug-likeness (QED) is 0.319. The van der Waals surface area contributed by atoms with Gasteiger partial charge in [-0.15, -0.1) is 6.42 Å². The molecule has 1 saturated carbocycles. The van der Waals surface area contributed by atoms with E-state index in [0.717, 1.165) is 43.9 Å². The van der Waals surface area contributed by atoms with E-state index < -0.39 is 0 Å². The third kappa shape index (κ3) is 7.17. The highest BCUT2D eigenvalue weighted by Crippen LogP contribution is 2.38. The zero-order valence-corrected chi connectivity index (χ0v) is 17.8. The summed E-state index contributed by atoms with van der Waals surface area (Å²) in [5, 5.41) is 16.3. The van der Waals surface area contributed by atoms with Gasteiger partial charge in [-0.25, -0.2) is 4.99 Å². The molecule has 29 heavy (non-hydrogen) atoms. The average molecular weight is 402 g/mol. The Morgan fingerprint density at radius 3 is 2.69 bits per heavy atom. The van der Waals surface area contributed by atoms with Crippen molar-refractivity contribution in [1.82, 2.24) is 10.6 Å². The molecule has 1 aromatic rings. The standard InChI is InChI=1S/C23H35N3O3/c1-4-15-29-21-16-19(9-10-20(21)28-3)17-25-22(24-5-2)26-18-23(13-14-27)11-7-6-8-12-23/h1,9-10,16,27H,5-8,11-15,17-18H2,2-3H3,(H2,24,25,26). The first-order valence-electron chi connectivity index (χ1n) is 10.5. The van der Waals surface area contributed by atoms with Crippen molar-refractivity contribution in [2.24, 2.45) is 10.4 Å². The number of ether oxygens (including phenoxy) is 2. The molecule has 1 aliphatic rings. The molecule has 1 fully saturated rings. The Morgan fingerprint density at radius 1 is 1.24 bits per heavy atom. The molecule has 6 heteroatoms. The first kappa shape index (κ1) is 22.9. The van der Waals surface area contributed by atoms with E-state index >= 15 is 0 Å². The second-order valence-corrected chi connectivity index (χ2v) is 7.56. The number of terminal acetylenes is 1. The summed E-state index contributed by atoms with van der Waals surface area (Å²) < 4.78 is 10.9. The molecule has 0 aromatic heterocycles. The van der Waals surface area contributed by atoms with Crippen LogP contribution in [0.5, 0.6) is 11.5 Å². The molecular formula is C23H35N3O3. The van der Waals surface area contributed by atoms with Crippen molar-refractivity contribution < 1.29 is 14.6 Å². The highest BCUT2D eigenvalue weighted by molar-refractivity contribution is 5.79. The summed E-state index contributed by atoms with van der Waals surface area (Å²) in [6.45, 7) is 4.62. The summed E-state index contributed by atoms with van der Waals surface area (Å²) in [6, 6.07) is 5.76. The largest absolute Gasteiger partial charge is 0.493 e. The van der Waals surface area contributed by atoms with Gasteiger partial charge in [0.15, 0.2) is 17.5 Å². The molecule has 0 bridgehead atoms. The minimum atomic E-state index is 0.166. The van der Waals surface area contributed by atoms with Crippen molar-refractivity contribution >= 4 is 5.96 Å². The van der Waals surface area contributed by atoms with Gasteiger partial charge in [0, 0.05) is 19.7 Å². The molecule has 0 saturated heterocycles. The highest BCUT2D eigenvalue weighted by atomic mass is 16.5. The van der Waals surface area contributed by atoms with Crippen molar-refractivity contribution in [3.63, 3.8) is 0 Å². The maximum absolute atomic E-state index is 9.53. The minimum Gasteiger partial charge on any atom is -0.493 e. The van der Waals surface area contributed by atoms with E-state index in [2.05, 4.69) is 23.5 Å². The van der Waals surface area contributed by atoms with Crippen LogP contribution in [0.4, 0.5) is 0 Å². The number of aliphatic hydroxyl groups excluding tert-OH is 1. The summed E-state index contributed by atoms with van der Waals surface area (Å²) in [4.78, 5) is 4.73. The lowest BCUT2D eigenvalue weighted by atomic mass is 9.72. The zero-order chi connectivity index (χ0) is 21.0. The number of methoxy groups -OCH3 is 1. The molecule has 3 N–H and O–H groups in total. The number of hydrogen-bond donors (Lipinski definition) is 3. The molecule has 0 unspecified atom stereocenters. The van der Waals surface area contributed by atoms with E-state index in [-0.39, 0.29) is 18.6 Å². The first-order chi connectivity index (χ1) is 14.2. The third-order valence-corrected chi connectivity index (χ3v) is 5.49. The SMILES string of the molecule is C#CCOc1cc(CN=C(NCC)NCC2(CCO)CCCCC2)ccc1OC. The minimum absolute atomic E-state index is 0.166. The number of benzene rings is 1. The van der Waals surface area contributed by atoms with Gasteiger partial charge in [-0.1, -0.05) is 31.2 Å². The number of guanidine groups is 1. The van der Waals surface area contributed by atoms with Crippen molar-refractivity contribution in [3.8, 4) is 23.8 Å². The molecule has 2 rings (SSSR count). The van der Waals surface area contributed by atoms with Crippen molar-refractivity contribution in [3.05, 3.63) is 23.8 Å². The molecule has 0 radical (unpaired) electrons. The Morgan fingerprint density at radius 2 is 2.03 bits per heavy atom. The number of rotatable bonds is 10. The fraction of sp³-hybridized carbons (Fsp3) is 0.609. The molecule has 0 spiro atoms. The number of nitrogens with one attached hydrogen (secondary N) is 2. The van der Waals surface area contributed by atoms with Crippen LogP contribution < -0.4 is 20.1 Å². The topological polar surface area (TPSA) is 75.1 Å². The van der Waals surface area contributed by atoms with Gasteiger partial charge in [-0.3, -0.25) is 0 Å². The van der Waals surface area contributed by atoms with Crippen LogP contribution in [-0.4, -0.2) is 44.5 Å². The van der Waals surface area contributed by atoms with Gasteiger partial charge in [-0.05, 0) is 49.3 Å². The van der Waals surface area contributed by atoms with Crippen LogP contribution in [0.15, 0.2) is 23.2 Å². The molecule has 1 aliphatic carbocycles. The molecule has 0 amide bonds. The fourth-order valence-electron chi connectivity index (χ4n) is 3.89. The van der Waals surface area contributed by atoms with Gasteiger partial charge < -0.3 is 25.2 Å². The Balaban J connectivity index is 2.05. The van der Waals surface area contributed by atoms with Crippen molar-refractivity contribution in [2.45, 2.75) is 52.0 Å². The van der Waals surface area contributed by atoms with E-state index in [4.69, 9.17) is 20.9 Å². The maximum atomic E-state index is 9.53. The summed E-state index contributed by atoms with van der Waals surface area (Å²) in [5.41, 5.74) is 1.18. The lowest BCUT2D eigenvalue weighted by Crippen LogP contribution is -2.44. The molecule has 0 heterocycles. The Bertz CT molecular complexity index is 686. The molecule has 0 atom stereocenters. The summed E-state index contributed by atoms with van der Waals surface area (Å²) in [6.07, 6.45) is 12.2. The predicted octanol–water partition coefficient (Wildman–Crippen LogP) is 3.10. The molecule has 160 valence electrons. The van der Waals surface area contributed by atoms with E-state index in [1.54, 1.807) is 7.11 Å². The average Bonchev–Trinajstić information content (AvgIpc) is 2.75. The lowest BCUT2D eigenvalue weighted by molar-refractivity contribution is 0.131. The monoisotopic (exact) mass is 401 g/mol. The normalized spacial score (nSPS) is 16.0. The van der Waals surface area contributed by atoms with Gasteiger partial charge >= 0.3 is 0 Å². The van der Waals surface area contributed by atoms with Gasteiger partial charge in [0.25, 0.3) is 0 Å². The molecule has 6 nitrogen and oxygen atoms in total. The fourth-order valence-corrected chi connectivity index (χ4v) is 3.89. The van der Waals surface area contributed by atoms with Gasteiger partial charge in [0.2, 0.25) is 0 Å². The number of nitrogens with zero attached hydrogens (tertiary/aromatic N) is 1. The van der Waals surface area contributed by atoms with E-state index in [1.165, 1.54) is 19.3 Å². The van der Waals surface area contributed by atoms with Crippen LogP contribution in [0, 0.1) is 17.8 Å². The zero-order valence-electron chi connectivity index (χ0n) is 17.8. The Hall–Kier alpha value is -2.39. The molecule has 1 aromatic carbocycles. The van der Waals surface area contributed by atoms with Crippen LogP contribution in [-0.2, 0) is 6.54 Å². The van der Waals surface area contributed by atoms with E-state index in [9.17, 15) is 5.11 Å². The smallest absolute Gasteiger partial charge is 0.191 e. The highest BCUT2D eigenvalue weighted by Gasteiger charge is 2.31. The van der Waals surface area contributed by atoms with Crippen LogP contribution >= 0.6 is 0 Å². The first-order valence-corrected chi connectivity index (χ1v) is 10.5. The number of hydrogen-bond acceptors (Lipinski definition) is 4. The lowest BCUT2D eigenvalue weighted by Gasteiger charge is -2.37. The Kier molecular flexibility index (Phi) is 9.66. The van der Waals surface area contributed by atoms with E-state index in [0.29, 0.717) is 18.0 Å². The van der Waals surface area contributed by atoms with Crippen LogP contribution in [0.25, 0.3) is 0 Å². The summed E-state index contributed by atoms with van der Waals surface area (Å²) in [7, 11) is 1.61. The second-order valence-electron chi connectivity index (χ2n) is 7.56. The molecule has 0 aliphatic heterocycles. The van der Waals surface area contributed by atoms with Crippen LogP contribution in [0.1, 0.15) is 51.0 Å². The van der Waals surface area contributed by atoms with Crippen molar-refractivity contribution in [2.75, 3.05) is 33.4 Å². The van der Waals surface area contributed by atoms with Gasteiger partial charge in [0.1, 0.15) is 6.61 Å². The van der Waals surface area contributed by atoms with Crippen LogP contribution in [0.2, 0.25) is 0 Å². The number of aliphatic imine (C=N–C) groups is 1. The molecular weight excluding hydrogens is 366 g/mol. The third-order valence-electron chi connectivity index (χ3n) is 5.49. The van der Waals surface area contributed by atoms with Gasteiger partial charge in [0.05, 0.1) is 13.7 Å². The maximum Gasteiger partial charge on any atom is 0.191 e. The number of aliphatic hydroxyl groups is 1. The van der Waals surface area contributed by atoms with E-state index in [1.807, 2.05) is 18.2 Å². The van der Waals surface area contributed by atoms with Crippen LogP contribution in [0.3, 0.4) is 0 Å². The van der Waals surface area contributed by atoms with Crippen molar-refractivity contribution in [1.29, 1.82) is 0 Å². The van der Waals surface area contributed by atoms with Gasteiger partial charge in [-0.2, -0.15) is 0 Å². The predicted molar refractivity (Wildman–Crippen MR) is 117 cm³/mol.